The van der Waals surface area contributed by atoms with Gasteiger partial charge in [0.2, 0.25) is 5.82 Å². The van der Waals surface area contributed by atoms with Crippen molar-refractivity contribution < 1.29 is 28.0 Å². The molecule has 9 heteroatoms. The van der Waals surface area contributed by atoms with E-state index in [1.807, 2.05) is 30.3 Å². The van der Waals surface area contributed by atoms with E-state index in [0.717, 1.165) is 28.3 Å². The van der Waals surface area contributed by atoms with Crippen LogP contribution in [0.3, 0.4) is 0 Å². The molecule has 1 N–H and O–H groups in total. The van der Waals surface area contributed by atoms with Gasteiger partial charge in [0.25, 0.3) is 11.8 Å². The molecule has 0 spiro atoms. The van der Waals surface area contributed by atoms with Crippen LogP contribution in [-0.2, 0) is 20.9 Å². The third-order valence-electron chi connectivity index (χ3n) is 5.61. The van der Waals surface area contributed by atoms with Crippen molar-refractivity contribution in [2.75, 3.05) is 20.8 Å². The van der Waals surface area contributed by atoms with Gasteiger partial charge in [0.05, 0.1) is 19.3 Å². The molecule has 0 atom stereocenters. The Labute approximate surface area is 207 Å². The normalized spacial score (nSPS) is 10.8. The predicted octanol–water partition coefficient (Wildman–Crippen LogP) is 4.57. The molecular weight excluding hydrogens is 465 g/mol. The number of nitrogens with zero attached hydrogens (tertiary/aromatic N) is 2. The van der Waals surface area contributed by atoms with Gasteiger partial charge in [0, 0.05) is 18.2 Å². The van der Waals surface area contributed by atoms with Gasteiger partial charge >= 0.3 is 5.97 Å². The van der Waals surface area contributed by atoms with E-state index in [4.69, 9.17) is 9.26 Å². The number of amides is 1. The second kappa shape index (κ2) is 10.9. The van der Waals surface area contributed by atoms with E-state index in [1.54, 1.807) is 7.11 Å². The Balaban J connectivity index is 1.59. The van der Waals surface area contributed by atoms with E-state index in [9.17, 15) is 14.0 Å². The smallest absolute Gasteiger partial charge is 0.325 e. The van der Waals surface area contributed by atoms with Crippen LogP contribution in [0.2, 0.25) is 0 Å². The Bertz CT molecular complexity index is 1420. The summed E-state index contributed by atoms with van der Waals surface area (Å²) in [4.78, 5) is 27.7. The highest BCUT2D eigenvalue weighted by atomic mass is 19.1. The molecule has 8 nitrogen and oxygen atoms in total. The third kappa shape index (κ3) is 5.31. The highest BCUT2D eigenvalue weighted by Crippen LogP contribution is 2.32. The number of carbonyl (C=O) groups excluding carboxylic acids is 2. The molecule has 0 unspecified atom stereocenters. The van der Waals surface area contributed by atoms with Crippen LogP contribution in [0.15, 0.2) is 65.2 Å². The van der Waals surface area contributed by atoms with Gasteiger partial charge in [-0.15, -0.1) is 0 Å². The molecule has 4 rings (SSSR count). The van der Waals surface area contributed by atoms with Crippen LogP contribution in [-0.4, -0.2) is 42.8 Å². The SMILES string of the molecule is COCc1cc(-c2nc(-c3ccc(C(=O)NCC(=O)OC)c(F)c3)no2)ccc1-c1ccccc1C. The van der Waals surface area contributed by atoms with Crippen LogP contribution in [0, 0.1) is 12.7 Å². The number of aromatic nitrogens is 2. The van der Waals surface area contributed by atoms with Crippen molar-refractivity contribution >= 4 is 11.9 Å². The summed E-state index contributed by atoms with van der Waals surface area (Å²) in [6, 6.07) is 17.8. The quantitative estimate of drug-likeness (QED) is 0.362. The molecule has 0 bridgehead atoms. The molecule has 0 aliphatic heterocycles. The molecule has 0 radical (unpaired) electrons. The number of rotatable bonds is 8. The lowest BCUT2D eigenvalue weighted by atomic mass is 9.94. The molecule has 0 aliphatic rings. The Kier molecular flexibility index (Phi) is 7.50. The summed E-state index contributed by atoms with van der Waals surface area (Å²) in [6.45, 7) is 2.08. The fourth-order valence-corrected chi connectivity index (χ4v) is 3.76. The maximum atomic E-state index is 14.6. The number of nitrogens with one attached hydrogen (secondary N) is 1. The summed E-state index contributed by atoms with van der Waals surface area (Å²) in [5.74, 6) is -1.73. The minimum atomic E-state index is -0.786. The van der Waals surface area contributed by atoms with Crippen LogP contribution >= 0.6 is 0 Å². The molecule has 0 fully saturated rings. The monoisotopic (exact) mass is 489 g/mol. The first-order valence-electron chi connectivity index (χ1n) is 11.1. The van der Waals surface area contributed by atoms with Crippen molar-refractivity contribution in [2.45, 2.75) is 13.5 Å². The summed E-state index contributed by atoms with van der Waals surface area (Å²) in [5.41, 5.74) is 5.06. The van der Waals surface area contributed by atoms with Crippen molar-refractivity contribution in [1.82, 2.24) is 15.5 Å². The summed E-state index contributed by atoms with van der Waals surface area (Å²) in [7, 11) is 2.83. The molecule has 1 aromatic heterocycles. The van der Waals surface area contributed by atoms with E-state index < -0.39 is 17.7 Å². The molecule has 0 saturated carbocycles. The second-order valence-corrected chi connectivity index (χ2v) is 8.00. The zero-order chi connectivity index (χ0) is 25.7. The fourth-order valence-electron chi connectivity index (χ4n) is 3.76. The van der Waals surface area contributed by atoms with Gasteiger partial charge in [-0.1, -0.05) is 41.6 Å². The van der Waals surface area contributed by atoms with Gasteiger partial charge in [-0.3, -0.25) is 9.59 Å². The molecular formula is C27H24FN3O5. The van der Waals surface area contributed by atoms with Crippen molar-refractivity contribution in [1.29, 1.82) is 0 Å². The first kappa shape index (κ1) is 24.7. The predicted molar refractivity (Wildman–Crippen MR) is 130 cm³/mol. The second-order valence-electron chi connectivity index (χ2n) is 8.00. The van der Waals surface area contributed by atoms with Crippen LogP contribution in [0.25, 0.3) is 34.0 Å². The molecule has 1 heterocycles. The highest BCUT2D eigenvalue weighted by molar-refractivity contribution is 5.96. The fraction of sp³-hybridized carbons (Fsp3) is 0.185. The van der Waals surface area contributed by atoms with Crippen LogP contribution in [0.1, 0.15) is 21.5 Å². The van der Waals surface area contributed by atoms with E-state index in [0.29, 0.717) is 17.7 Å². The maximum Gasteiger partial charge on any atom is 0.325 e. The lowest BCUT2D eigenvalue weighted by Gasteiger charge is -2.12. The van der Waals surface area contributed by atoms with E-state index in [-0.39, 0.29) is 23.8 Å². The van der Waals surface area contributed by atoms with Gasteiger partial charge < -0.3 is 19.3 Å². The lowest BCUT2D eigenvalue weighted by molar-refractivity contribution is -0.139. The number of methoxy groups -OCH3 is 2. The number of halogens is 1. The third-order valence-corrected chi connectivity index (χ3v) is 5.61. The largest absolute Gasteiger partial charge is 0.468 e. The lowest BCUT2D eigenvalue weighted by Crippen LogP contribution is -2.30. The number of aryl methyl sites for hydroxylation is 1. The molecule has 4 aromatic rings. The van der Waals surface area contributed by atoms with E-state index >= 15 is 0 Å². The van der Waals surface area contributed by atoms with Crippen LogP contribution in [0.5, 0.6) is 0 Å². The molecule has 184 valence electrons. The van der Waals surface area contributed by atoms with Gasteiger partial charge in [-0.05, 0) is 53.4 Å². The van der Waals surface area contributed by atoms with Gasteiger partial charge in [0.15, 0.2) is 0 Å². The Hall–Kier alpha value is -4.37. The Morgan fingerprint density at radius 1 is 1.00 bits per heavy atom. The van der Waals surface area contributed by atoms with Crippen molar-refractivity contribution in [3.63, 3.8) is 0 Å². The summed E-state index contributed by atoms with van der Waals surface area (Å²) in [6.07, 6.45) is 0. The number of carbonyl (C=O) groups is 2. The number of hydrogen-bond acceptors (Lipinski definition) is 7. The number of hydrogen-bond donors (Lipinski definition) is 1. The van der Waals surface area contributed by atoms with Crippen LogP contribution < -0.4 is 5.32 Å². The molecule has 0 saturated heterocycles. The molecule has 1 amide bonds. The van der Waals surface area contributed by atoms with Gasteiger partial charge in [-0.25, -0.2) is 4.39 Å². The van der Waals surface area contributed by atoms with Crippen LogP contribution in [0.4, 0.5) is 4.39 Å². The number of ether oxygens (including phenoxy) is 2. The standard InChI is InChI=1S/C27H24FN3O5/c1-16-6-4-5-7-20(16)21-10-9-18(12-19(21)15-34-2)27-30-25(31-36-27)17-8-11-22(23(28)13-17)26(33)29-14-24(32)35-3/h4-13H,14-15H2,1-3H3,(H,29,33). The molecule has 36 heavy (non-hydrogen) atoms. The topological polar surface area (TPSA) is 104 Å². The first-order valence-corrected chi connectivity index (χ1v) is 11.1. The van der Waals surface area contributed by atoms with Crippen molar-refractivity contribution in [2.24, 2.45) is 0 Å². The zero-order valence-electron chi connectivity index (χ0n) is 20.0. The van der Waals surface area contributed by atoms with Crippen molar-refractivity contribution in [3.05, 3.63) is 83.2 Å². The molecule has 0 aliphatic carbocycles. The summed E-state index contributed by atoms with van der Waals surface area (Å²) >= 11 is 0. The van der Waals surface area contributed by atoms with E-state index in [2.05, 4.69) is 39.3 Å². The Morgan fingerprint density at radius 2 is 1.78 bits per heavy atom. The average molecular weight is 490 g/mol. The number of esters is 1. The van der Waals surface area contributed by atoms with Gasteiger partial charge in [0.1, 0.15) is 12.4 Å². The highest BCUT2D eigenvalue weighted by Gasteiger charge is 2.18. The Morgan fingerprint density at radius 3 is 2.50 bits per heavy atom. The molecule has 3 aromatic carbocycles. The summed E-state index contributed by atoms with van der Waals surface area (Å²) < 4.78 is 29.9. The van der Waals surface area contributed by atoms with Gasteiger partial charge in [-0.2, -0.15) is 4.98 Å². The minimum absolute atomic E-state index is 0.168. The van der Waals surface area contributed by atoms with E-state index in [1.165, 1.54) is 19.2 Å². The average Bonchev–Trinajstić information content (AvgIpc) is 3.38. The maximum absolute atomic E-state index is 14.6. The minimum Gasteiger partial charge on any atom is -0.468 e. The zero-order valence-corrected chi connectivity index (χ0v) is 20.0. The van der Waals surface area contributed by atoms with Crippen molar-refractivity contribution in [3.8, 4) is 34.0 Å². The number of benzene rings is 3. The first-order chi connectivity index (χ1) is 17.4. The summed E-state index contributed by atoms with van der Waals surface area (Å²) in [5, 5.41) is 6.27.